The van der Waals surface area contributed by atoms with Crippen LogP contribution in [-0.2, 0) is 17.9 Å². The van der Waals surface area contributed by atoms with Crippen LogP contribution in [0.1, 0.15) is 37.0 Å². The van der Waals surface area contributed by atoms with Crippen LogP contribution < -0.4 is 5.32 Å². The molecule has 2 heterocycles. The van der Waals surface area contributed by atoms with Crippen LogP contribution in [0.4, 0.5) is 0 Å². The number of nitrogens with zero attached hydrogens (tertiary/aromatic N) is 4. The van der Waals surface area contributed by atoms with Crippen LogP contribution in [0.15, 0.2) is 16.7 Å². The predicted molar refractivity (Wildman–Crippen MR) is 83.9 cm³/mol. The minimum absolute atomic E-state index is 0.0653. The first-order valence-corrected chi connectivity index (χ1v) is 7.73. The van der Waals surface area contributed by atoms with E-state index in [1.165, 1.54) is 0 Å². The van der Waals surface area contributed by atoms with Gasteiger partial charge in [-0.05, 0) is 49.7 Å². The maximum Gasteiger partial charge on any atom is 0.242 e. The normalized spacial score (nSPS) is 12.4. The van der Waals surface area contributed by atoms with E-state index in [2.05, 4.69) is 31.4 Å². The fourth-order valence-corrected chi connectivity index (χ4v) is 2.59. The van der Waals surface area contributed by atoms with E-state index in [-0.39, 0.29) is 18.5 Å². The van der Waals surface area contributed by atoms with E-state index in [1.54, 1.807) is 10.9 Å². The molecule has 1 unspecified atom stereocenters. The third kappa shape index (κ3) is 3.34. The standard InChI is InChI=1S/C14H20BrN5O/c1-5-19-12(6-7-16-19)9(2)17-13(21)8-20-11(4)14(15)10(3)18-20/h6-7,9H,5,8H2,1-4H3,(H,17,21). The Morgan fingerprint density at radius 2 is 2.14 bits per heavy atom. The lowest BCUT2D eigenvalue weighted by Gasteiger charge is -2.15. The average Bonchev–Trinajstić information content (AvgIpc) is 3.00. The third-order valence-electron chi connectivity index (χ3n) is 3.46. The van der Waals surface area contributed by atoms with Crippen LogP contribution in [0.5, 0.6) is 0 Å². The second-order valence-electron chi connectivity index (χ2n) is 5.00. The van der Waals surface area contributed by atoms with Gasteiger partial charge in [0.1, 0.15) is 6.54 Å². The SMILES string of the molecule is CCn1nccc1C(C)NC(=O)Cn1nc(C)c(Br)c1C. The largest absolute Gasteiger partial charge is 0.346 e. The van der Waals surface area contributed by atoms with E-state index in [9.17, 15) is 4.79 Å². The summed E-state index contributed by atoms with van der Waals surface area (Å²) in [5.41, 5.74) is 2.84. The molecule has 0 aromatic carbocycles. The molecular formula is C14H20BrN5O. The second-order valence-corrected chi connectivity index (χ2v) is 5.80. The molecule has 0 bridgehead atoms. The summed E-state index contributed by atoms with van der Waals surface area (Å²) >= 11 is 3.46. The summed E-state index contributed by atoms with van der Waals surface area (Å²) in [6, 6.07) is 1.84. The molecule has 0 saturated heterocycles. The minimum Gasteiger partial charge on any atom is -0.346 e. The Bertz CT molecular complexity index is 646. The van der Waals surface area contributed by atoms with Crippen molar-refractivity contribution in [1.82, 2.24) is 24.9 Å². The topological polar surface area (TPSA) is 64.7 Å². The first-order valence-electron chi connectivity index (χ1n) is 6.94. The van der Waals surface area contributed by atoms with Gasteiger partial charge in [0.2, 0.25) is 5.91 Å². The number of carbonyl (C=O) groups is 1. The Kier molecular flexibility index (Phi) is 4.82. The molecule has 0 radical (unpaired) electrons. The van der Waals surface area contributed by atoms with Gasteiger partial charge in [-0.25, -0.2) is 0 Å². The molecule has 1 atom stereocenters. The van der Waals surface area contributed by atoms with Gasteiger partial charge in [0.05, 0.1) is 27.6 Å². The number of aryl methyl sites for hydroxylation is 2. The summed E-state index contributed by atoms with van der Waals surface area (Å²) in [6.45, 7) is 8.83. The van der Waals surface area contributed by atoms with Crippen LogP contribution in [-0.4, -0.2) is 25.5 Å². The van der Waals surface area contributed by atoms with Gasteiger partial charge >= 0.3 is 0 Å². The maximum absolute atomic E-state index is 12.2. The van der Waals surface area contributed by atoms with Crippen molar-refractivity contribution >= 4 is 21.8 Å². The molecule has 0 saturated carbocycles. The number of nitrogens with one attached hydrogen (secondary N) is 1. The van der Waals surface area contributed by atoms with Gasteiger partial charge in [0.25, 0.3) is 0 Å². The molecule has 114 valence electrons. The number of hydrogen-bond acceptors (Lipinski definition) is 3. The Morgan fingerprint density at radius 3 is 2.71 bits per heavy atom. The van der Waals surface area contributed by atoms with E-state index in [0.717, 1.165) is 28.1 Å². The molecule has 1 amide bonds. The summed E-state index contributed by atoms with van der Waals surface area (Å²) in [5, 5.41) is 11.5. The van der Waals surface area contributed by atoms with Gasteiger partial charge < -0.3 is 5.32 Å². The molecule has 2 aromatic rings. The number of rotatable bonds is 5. The van der Waals surface area contributed by atoms with Crippen molar-refractivity contribution in [1.29, 1.82) is 0 Å². The molecule has 0 fully saturated rings. The molecular weight excluding hydrogens is 334 g/mol. The first kappa shape index (κ1) is 15.8. The van der Waals surface area contributed by atoms with Crippen LogP contribution in [0.3, 0.4) is 0 Å². The van der Waals surface area contributed by atoms with Crippen molar-refractivity contribution in [2.75, 3.05) is 0 Å². The number of halogens is 1. The van der Waals surface area contributed by atoms with Gasteiger partial charge in [-0.2, -0.15) is 10.2 Å². The smallest absolute Gasteiger partial charge is 0.242 e. The first-order chi connectivity index (χ1) is 9.93. The van der Waals surface area contributed by atoms with Crippen molar-refractivity contribution in [2.24, 2.45) is 0 Å². The fraction of sp³-hybridized carbons (Fsp3) is 0.500. The van der Waals surface area contributed by atoms with E-state index >= 15 is 0 Å². The lowest BCUT2D eigenvalue weighted by atomic mass is 10.2. The summed E-state index contributed by atoms with van der Waals surface area (Å²) < 4.78 is 4.54. The minimum atomic E-state index is -0.0830. The van der Waals surface area contributed by atoms with Crippen LogP contribution >= 0.6 is 15.9 Å². The number of aromatic nitrogens is 4. The summed E-state index contributed by atoms with van der Waals surface area (Å²) in [6.07, 6.45) is 1.75. The molecule has 0 spiro atoms. The number of hydrogen-bond donors (Lipinski definition) is 1. The molecule has 0 aliphatic heterocycles. The Balaban J connectivity index is 2.03. The Morgan fingerprint density at radius 1 is 1.43 bits per heavy atom. The van der Waals surface area contributed by atoms with Gasteiger partial charge in [0.15, 0.2) is 0 Å². The Labute approximate surface area is 132 Å². The Hall–Kier alpha value is -1.63. The highest BCUT2D eigenvalue weighted by Gasteiger charge is 2.16. The van der Waals surface area contributed by atoms with E-state index in [0.29, 0.717) is 0 Å². The maximum atomic E-state index is 12.2. The second kappa shape index (κ2) is 6.43. The van der Waals surface area contributed by atoms with E-state index in [4.69, 9.17) is 0 Å². The molecule has 21 heavy (non-hydrogen) atoms. The lowest BCUT2D eigenvalue weighted by Crippen LogP contribution is -2.31. The van der Waals surface area contributed by atoms with Crippen LogP contribution in [0.25, 0.3) is 0 Å². The summed E-state index contributed by atoms with van der Waals surface area (Å²) in [7, 11) is 0. The van der Waals surface area contributed by atoms with Gasteiger partial charge in [0, 0.05) is 12.7 Å². The fourth-order valence-electron chi connectivity index (χ4n) is 2.30. The zero-order valence-electron chi connectivity index (χ0n) is 12.7. The zero-order chi connectivity index (χ0) is 15.6. The van der Waals surface area contributed by atoms with Crippen LogP contribution in [0, 0.1) is 13.8 Å². The van der Waals surface area contributed by atoms with Gasteiger partial charge in [-0.3, -0.25) is 14.2 Å². The molecule has 1 N–H and O–H groups in total. The number of amides is 1. The molecule has 2 aromatic heterocycles. The highest BCUT2D eigenvalue weighted by atomic mass is 79.9. The van der Waals surface area contributed by atoms with Crippen LogP contribution in [0.2, 0.25) is 0 Å². The monoisotopic (exact) mass is 353 g/mol. The average molecular weight is 354 g/mol. The lowest BCUT2D eigenvalue weighted by molar-refractivity contribution is -0.122. The highest BCUT2D eigenvalue weighted by Crippen LogP contribution is 2.19. The van der Waals surface area contributed by atoms with E-state index < -0.39 is 0 Å². The molecule has 6 nitrogen and oxygen atoms in total. The van der Waals surface area contributed by atoms with Crippen molar-refractivity contribution in [3.63, 3.8) is 0 Å². The van der Waals surface area contributed by atoms with Crippen molar-refractivity contribution < 1.29 is 4.79 Å². The molecule has 0 aliphatic rings. The van der Waals surface area contributed by atoms with E-state index in [1.807, 2.05) is 38.4 Å². The van der Waals surface area contributed by atoms with Gasteiger partial charge in [-0.1, -0.05) is 0 Å². The van der Waals surface area contributed by atoms with Crippen molar-refractivity contribution in [3.8, 4) is 0 Å². The van der Waals surface area contributed by atoms with Gasteiger partial charge in [-0.15, -0.1) is 0 Å². The molecule has 2 rings (SSSR count). The summed E-state index contributed by atoms with van der Waals surface area (Å²) in [5.74, 6) is -0.0653. The third-order valence-corrected chi connectivity index (χ3v) is 4.60. The quantitative estimate of drug-likeness (QED) is 0.897. The predicted octanol–water partition coefficient (Wildman–Crippen LogP) is 2.36. The van der Waals surface area contributed by atoms with Crippen molar-refractivity contribution in [2.45, 2.75) is 46.8 Å². The molecule has 7 heteroatoms. The summed E-state index contributed by atoms with van der Waals surface area (Å²) in [4.78, 5) is 12.2. The molecule has 0 aliphatic carbocycles. The van der Waals surface area contributed by atoms with Crippen molar-refractivity contribution in [3.05, 3.63) is 33.8 Å². The number of carbonyl (C=O) groups excluding carboxylic acids is 1. The zero-order valence-corrected chi connectivity index (χ0v) is 14.3. The highest BCUT2D eigenvalue weighted by molar-refractivity contribution is 9.10.